The largest absolute Gasteiger partial charge is 0.490 e. The lowest BCUT2D eigenvalue weighted by atomic mass is 9.84. The number of ether oxygens (including phenoxy) is 1. The number of piperidine rings is 1. The predicted molar refractivity (Wildman–Crippen MR) is 123 cm³/mol. The number of hydrogen-bond acceptors (Lipinski definition) is 5. The van der Waals surface area contributed by atoms with E-state index in [9.17, 15) is 41.0 Å². The molecule has 0 saturated carbocycles. The first-order chi connectivity index (χ1) is 17.7. The fourth-order valence-electron chi connectivity index (χ4n) is 4.95. The van der Waals surface area contributed by atoms with Crippen LogP contribution in [0.4, 0.5) is 26.3 Å². The summed E-state index contributed by atoms with van der Waals surface area (Å²) >= 11 is 5.91. The maximum Gasteiger partial charge on any atom is 0.490 e. The molecule has 13 heteroatoms. The van der Waals surface area contributed by atoms with Crippen molar-refractivity contribution in [2.45, 2.75) is 42.9 Å². The van der Waals surface area contributed by atoms with Crippen LogP contribution >= 0.6 is 11.6 Å². The summed E-state index contributed by atoms with van der Waals surface area (Å²) in [5.74, 6) is -3.49. The van der Waals surface area contributed by atoms with E-state index in [0.29, 0.717) is 10.6 Å². The Balaban J connectivity index is 1.55. The van der Waals surface area contributed by atoms with Crippen molar-refractivity contribution in [2.75, 3.05) is 26.2 Å². The van der Waals surface area contributed by atoms with Crippen molar-refractivity contribution in [1.82, 2.24) is 9.80 Å². The van der Waals surface area contributed by atoms with Gasteiger partial charge in [-0.2, -0.15) is 26.3 Å². The maximum absolute atomic E-state index is 13.5. The van der Waals surface area contributed by atoms with Crippen LogP contribution in [0.15, 0.2) is 48.5 Å². The van der Waals surface area contributed by atoms with E-state index < -0.39 is 59.6 Å². The van der Waals surface area contributed by atoms with Gasteiger partial charge in [-0.25, -0.2) is 4.79 Å². The lowest BCUT2D eigenvalue weighted by Crippen LogP contribution is -2.52. The number of alkyl halides is 6. The highest BCUT2D eigenvalue weighted by Crippen LogP contribution is 2.37. The molecular formula is C25H23ClF6N2O4. The summed E-state index contributed by atoms with van der Waals surface area (Å²) in [6, 6.07) is 9.75. The zero-order chi connectivity index (χ0) is 27.9. The Morgan fingerprint density at radius 3 is 2.13 bits per heavy atom. The molecule has 0 radical (unpaired) electrons. The summed E-state index contributed by atoms with van der Waals surface area (Å²) in [4.78, 5) is 27.4. The normalized spacial score (nSPS) is 22.4. The number of halogens is 7. The van der Waals surface area contributed by atoms with Crippen LogP contribution in [0.5, 0.6) is 0 Å². The van der Waals surface area contributed by atoms with Crippen LogP contribution in [-0.4, -0.2) is 71.3 Å². The van der Waals surface area contributed by atoms with Crippen LogP contribution < -0.4 is 0 Å². The Morgan fingerprint density at radius 2 is 1.55 bits per heavy atom. The second kappa shape index (κ2) is 10.4. The van der Waals surface area contributed by atoms with E-state index in [4.69, 9.17) is 16.3 Å². The Morgan fingerprint density at radius 1 is 0.947 bits per heavy atom. The van der Waals surface area contributed by atoms with E-state index in [0.717, 1.165) is 23.1 Å². The molecule has 206 valence electrons. The van der Waals surface area contributed by atoms with Crippen molar-refractivity contribution in [3.63, 3.8) is 0 Å². The second-order valence-corrected chi connectivity index (χ2v) is 9.77. The number of amides is 1. The summed E-state index contributed by atoms with van der Waals surface area (Å²) in [5, 5.41) is 11.6. The van der Waals surface area contributed by atoms with E-state index in [1.165, 1.54) is 6.07 Å². The molecule has 0 spiro atoms. The number of benzene rings is 2. The van der Waals surface area contributed by atoms with Gasteiger partial charge in [0.05, 0.1) is 29.3 Å². The number of carbonyl (C=O) groups excluding carboxylic acids is 2. The number of rotatable bonds is 4. The molecule has 1 N–H and O–H groups in total. The highest BCUT2D eigenvalue weighted by atomic mass is 35.5. The molecule has 6 nitrogen and oxygen atoms in total. The molecule has 2 atom stereocenters. The van der Waals surface area contributed by atoms with Gasteiger partial charge >= 0.3 is 18.3 Å². The molecule has 2 aliphatic heterocycles. The van der Waals surface area contributed by atoms with E-state index in [1.807, 2.05) is 0 Å². The van der Waals surface area contributed by atoms with Gasteiger partial charge in [0.1, 0.15) is 6.10 Å². The first-order valence-electron chi connectivity index (χ1n) is 11.6. The lowest BCUT2D eigenvalue weighted by molar-refractivity contribution is -0.206. The van der Waals surface area contributed by atoms with Crippen molar-refractivity contribution >= 4 is 23.5 Å². The summed E-state index contributed by atoms with van der Waals surface area (Å²) in [5.41, 5.74) is -2.46. The van der Waals surface area contributed by atoms with Crippen LogP contribution in [0.1, 0.15) is 34.3 Å². The molecule has 0 aromatic heterocycles. The van der Waals surface area contributed by atoms with E-state index in [-0.39, 0.29) is 32.5 Å². The number of likely N-dealkylation sites (tertiary alicyclic amines) is 2. The van der Waals surface area contributed by atoms with E-state index >= 15 is 0 Å². The van der Waals surface area contributed by atoms with E-state index in [2.05, 4.69) is 0 Å². The van der Waals surface area contributed by atoms with Gasteiger partial charge in [-0.1, -0.05) is 35.9 Å². The predicted octanol–water partition coefficient (Wildman–Crippen LogP) is 4.64. The fraction of sp³-hybridized carbons (Fsp3) is 0.440. The van der Waals surface area contributed by atoms with Crippen LogP contribution in [0.25, 0.3) is 0 Å². The summed E-state index contributed by atoms with van der Waals surface area (Å²) < 4.78 is 84.0. The highest BCUT2D eigenvalue weighted by Gasteiger charge is 2.49. The maximum atomic E-state index is 13.5. The zero-order valence-corrected chi connectivity index (χ0v) is 20.5. The number of aliphatic hydroxyl groups is 1. The molecule has 2 heterocycles. The first kappa shape index (κ1) is 28.2. The van der Waals surface area contributed by atoms with Gasteiger partial charge in [0.15, 0.2) is 0 Å². The topological polar surface area (TPSA) is 70.1 Å². The average molecular weight is 565 g/mol. The molecule has 0 bridgehead atoms. The quantitative estimate of drug-likeness (QED) is 0.433. The molecule has 2 aromatic carbocycles. The molecular weight excluding hydrogens is 542 g/mol. The second-order valence-electron chi connectivity index (χ2n) is 9.34. The Labute approximate surface area is 218 Å². The highest BCUT2D eigenvalue weighted by molar-refractivity contribution is 6.30. The number of nitrogens with zero attached hydrogens (tertiary/aromatic N) is 2. The van der Waals surface area contributed by atoms with Gasteiger partial charge in [0.2, 0.25) is 0 Å². The SMILES string of the molecule is O=C(c1ccccc1C(F)(F)F)N1C[C@H](OC(=O)C(F)(F)F)[C@@H](N2CCC(O)(c3ccc(Cl)cc3)CC2)C1. The number of hydrogen-bond donors (Lipinski definition) is 1. The third-order valence-corrected chi connectivity index (χ3v) is 7.20. The van der Waals surface area contributed by atoms with Gasteiger partial charge in [-0.15, -0.1) is 0 Å². The zero-order valence-electron chi connectivity index (χ0n) is 19.7. The van der Waals surface area contributed by atoms with Crippen molar-refractivity contribution in [3.05, 3.63) is 70.2 Å². The molecule has 0 aliphatic carbocycles. The molecule has 2 aliphatic rings. The lowest BCUT2D eigenvalue weighted by Gasteiger charge is -2.42. The molecule has 0 unspecified atom stereocenters. The molecule has 2 aromatic rings. The van der Waals surface area contributed by atoms with Crippen molar-refractivity contribution in [3.8, 4) is 0 Å². The smallest absolute Gasteiger partial charge is 0.452 e. The summed E-state index contributed by atoms with van der Waals surface area (Å²) in [6.45, 7) is -0.439. The van der Waals surface area contributed by atoms with Gasteiger partial charge in [-0.3, -0.25) is 9.69 Å². The van der Waals surface area contributed by atoms with Crippen LogP contribution in [0.2, 0.25) is 5.02 Å². The molecule has 1 amide bonds. The minimum Gasteiger partial charge on any atom is -0.452 e. The molecule has 2 fully saturated rings. The summed E-state index contributed by atoms with van der Waals surface area (Å²) in [6.07, 6.45) is -11.2. The number of carbonyl (C=O) groups is 2. The minimum atomic E-state index is -5.29. The number of esters is 1. The minimum absolute atomic E-state index is 0.172. The Bertz CT molecular complexity index is 1180. The van der Waals surface area contributed by atoms with Crippen LogP contribution in [-0.2, 0) is 21.3 Å². The van der Waals surface area contributed by atoms with Gasteiger partial charge in [-0.05, 0) is 42.7 Å². The Kier molecular flexibility index (Phi) is 7.70. The first-order valence-corrected chi connectivity index (χ1v) is 12.0. The summed E-state index contributed by atoms with van der Waals surface area (Å²) in [7, 11) is 0. The van der Waals surface area contributed by atoms with Crippen LogP contribution in [0.3, 0.4) is 0 Å². The molecule has 4 rings (SSSR count). The Hall–Kier alpha value is -2.83. The molecule has 38 heavy (non-hydrogen) atoms. The monoisotopic (exact) mass is 564 g/mol. The van der Waals surface area contributed by atoms with E-state index in [1.54, 1.807) is 29.2 Å². The van der Waals surface area contributed by atoms with Gasteiger partial charge in [0.25, 0.3) is 5.91 Å². The molecule has 2 saturated heterocycles. The van der Waals surface area contributed by atoms with Crippen molar-refractivity contribution < 1.29 is 45.8 Å². The van der Waals surface area contributed by atoms with Crippen molar-refractivity contribution in [2.24, 2.45) is 0 Å². The third kappa shape index (κ3) is 5.92. The standard InChI is InChI=1S/C25H23ClF6N2O4/c26-16-7-5-15(6-8-16)23(37)9-11-33(12-10-23)19-13-34(14-20(19)38-22(36)25(30,31)32)21(35)17-3-1-2-4-18(17)24(27,28)29/h1-8,19-20,37H,9-14H2/t19-,20-/m0/s1. The third-order valence-electron chi connectivity index (χ3n) is 6.95. The van der Waals surface area contributed by atoms with Gasteiger partial charge in [0, 0.05) is 24.7 Å². The van der Waals surface area contributed by atoms with Crippen LogP contribution in [0, 0.1) is 0 Å². The van der Waals surface area contributed by atoms with Crippen molar-refractivity contribution in [1.29, 1.82) is 0 Å². The fourth-order valence-corrected chi connectivity index (χ4v) is 5.08. The van der Waals surface area contributed by atoms with Gasteiger partial charge < -0.3 is 14.7 Å². The average Bonchev–Trinajstić information content (AvgIpc) is 3.27.